The van der Waals surface area contributed by atoms with E-state index in [4.69, 9.17) is 0 Å². The quantitative estimate of drug-likeness (QED) is 0.694. The fourth-order valence-electron chi connectivity index (χ4n) is 1.36. The third-order valence-electron chi connectivity index (χ3n) is 2.24. The van der Waals surface area contributed by atoms with E-state index >= 15 is 0 Å². The number of aliphatic hydroxyl groups is 1. The largest absolute Gasteiger partial charge is 0.378 e. The molecule has 1 rings (SSSR count). The van der Waals surface area contributed by atoms with Crippen molar-refractivity contribution in [1.29, 1.82) is 0 Å². The molecule has 0 saturated heterocycles. The minimum Gasteiger partial charge on any atom is -0.378 e. The number of hydrogen-bond acceptors (Lipinski definition) is 1. The zero-order chi connectivity index (χ0) is 11.5. The van der Waals surface area contributed by atoms with Gasteiger partial charge in [0.1, 0.15) is 5.60 Å². The van der Waals surface area contributed by atoms with Crippen LogP contribution in [0.15, 0.2) is 18.2 Å². The highest BCUT2D eigenvalue weighted by Crippen LogP contribution is 2.11. The number of rotatable bonds is 1. The van der Waals surface area contributed by atoms with Crippen LogP contribution in [0.5, 0.6) is 0 Å². The molecule has 1 nitrogen and oxygen atoms in total. The monoisotopic (exact) mass is 202 g/mol. The summed E-state index contributed by atoms with van der Waals surface area (Å²) < 4.78 is 0. The van der Waals surface area contributed by atoms with Crippen LogP contribution < -0.4 is 0 Å². The van der Waals surface area contributed by atoms with E-state index in [9.17, 15) is 5.11 Å². The number of aryl methyl sites for hydroxylation is 2. The lowest BCUT2D eigenvalue weighted by Gasteiger charge is -2.06. The number of benzene rings is 1. The van der Waals surface area contributed by atoms with Gasteiger partial charge in [-0.3, -0.25) is 0 Å². The summed E-state index contributed by atoms with van der Waals surface area (Å²) in [4.78, 5) is 0. The molecule has 0 saturated carbocycles. The molecule has 1 aromatic rings. The van der Waals surface area contributed by atoms with E-state index in [1.54, 1.807) is 13.8 Å². The van der Waals surface area contributed by atoms with E-state index in [2.05, 4.69) is 37.8 Å². The Kier molecular flexibility index (Phi) is 3.55. The second kappa shape index (κ2) is 4.51. The van der Waals surface area contributed by atoms with Crippen LogP contribution in [-0.2, 0) is 6.42 Å². The van der Waals surface area contributed by atoms with Gasteiger partial charge in [0.05, 0.1) is 0 Å². The highest BCUT2D eigenvalue weighted by molar-refractivity contribution is 5.41. The molecule has 1 N–H and O–H groups in total. The molecule has 80 valence electrons. The van der Waals surface area contributed by atoms with E-state index in [0.717, 1.165) is 12.0 Å². The van der Waals surface area contributed by atoms with Crippen molar-refractivity contribution in [1.82, 2.24) is 0 Å². The SMILES string of the molecule is CCc1cc(C#CC(C)(C)O)ccc1C. The summed E-state index contributed by atoms with van der Waals surface area (Å²) in [5, 5.41) is 9.49. The molecular formula is C14H18O. The van der Waals surface area contributed by atoms with Crippen LogP contribution >= 0.6 is 0 Å². The van der Waals surface area contributed by atoms with Crippen LogP contribution in [0, 0.1) is 18.8 Å². The molecule has 1 aromatic carbocycles. The lowest BCUT2D eigenvalue weighted by Crippen LogP contribution is -2.14. The van der Waals surface area contributed by atoms with Crippen molar-refractivity contribution in [3.8, 4) is 11.8 Å². The van der Waals surface area contributed by atoms with Crippen molar-refractivity contribution < 1.29 is 5.11 Å². The van der Waals surface area contributed by atoms with Gasteiger partial charge in [-0.2, -0.15) is 0 Å². The van der Waals surface area contributed by atoms with Gasteiger partial charge >= 0.3 is 0 Å². The minimum absolute atomic E-state index is 0.919. The van der Waals surface area contributed by atoms with Gasteiger partial charge in [-0.1, -0.05) is 24.8 Å². The average molecular weight is 202 g/mol. The molecule has 0 heterocycles. The van der Waals surface area contributed by atoms with Crippen LogP contribution in [0.1, 0.15) is 37.5 Å². The zero-order valence-corrected chi connectivity index (χ0v) is 9.89. The van der Waals surface area contributed by atoms with Crippen molar-refractivity contribution in [3.05, 3.63) is 34.9 Å². The zero-order valence-electron chi connectivity index (χ0n) is 9.89. The normalized spacial score (nSPS) is 10.7. The van der Waals surface area contributed by atoms with Crippen molar-refractivity contribution >= 4 is 0 Å². The Morgan fingerprint density at radius 3 is 2.53 bits per heavy atom. The highest BCUT2D eigenvalue weighted by atomic mass is 16.3. The summed E-state index contributed by atoms with van der Waals surface area (Å²) in [6, 6.07) is 6.16. The Labute approximate surface area is 92.1 Å². The van der Waals surface area contributed by atoms with Gasteiger partial charge in [0.25, 0.3) is 0 Å². The second-order valence-electron chi connectivity index (χ2n) is 4.30. The number of hydrogen-bond donors (Lipinski definition) is 1. The first-order valence-electron chi connectivity index (χ1n) is 5.27. The van der Waals surface area contributed by atoms with Gasteiger partial charge in [-0.15, -0.1) is 0 Å². The molecule has 0 aliphatic heterocycles. The Morgan fingerprint density at radius 2 is 2.00 bits per heavy atom. The standard InChI is InChI=1S/C14H18O/c1-5-13-10-12(7-6-11(13)2)8-9-14(3,4)15/h6-7,10,15H,5H2,1-4H3. The molecule has 0 aliphatic carbocycles. The summed E-state index contributed by atoms with van der Waals surface area (Å²) in [5.74, 6) is 5.80. The van der Waals surface area contributed by atoms with Crippen molar-refractivity contribution in [2.45, 2.75) is 39.7 Å². The smallest absolute Gasteiger partial charge is 0.120 e. The third-order valence-corrected chi connectivity index (χ3v) is 2.24. The van der Waals surface area contributed by atoms with Gasteiger partial charge in [0, 0.05) is 5.56 Å². The molecule has 0 atom stereocenters. The van der Waals surface area contributed by atoms with Crippen LogP contribution in [-0.4, -0.2) is 10.7 Å². The highest BCUT2D eigenvalue weighted by Gasteiger charge is 2.05. The maximum atomic E-state index is 9.49. The summed E-state index contributed by atoms with van der Waals surface area (Å²) in [6.07, 6.45) is 1.02. The van der Waals surface area contributed by atoms with E-state index < -0.39 is 5.60 Å². The molecule has 0 amide bonds. The van der Waals surface area contributed by atoms with Crippen molar-refractivity contribution in [3.63, 3.8) is 0 Å². The first-order valence-corrected chi connectivity index (χ1v) is 5.27. The molecule has 0 aliphatic rings. The van der Waals surface area contributed by atoms with Crippen molar-refractivity contribution in [2.24, 2.45) is 0 Å². The first-order chi connectivity index (χ1) is 6.92. The second-order valence-corrected chi connectivity index (χ2v) is 4.30. The Bertz CT molecular complexity index is 400. The third kappa shape index (κ3) is 3.77. The van der Waals surface area contributed by atoms with E-state index in [1.165, 1.54) is 11.1 Å². The van der Waals surface area contributed by atoms with Gasteiger partial charge in [0.15, 0.2) is 0 Å². The van der Waals surface area contributed by atoms with Crippen molar-refractivity contribution in [2.75, 3.05) is 0 Å². The summed E-state index contributed by atoms with van der Waals surface area (Å²) in [6.45, 7) is 7.62. The molecule has 0 bridgehead atoms. The van der Waals surface area contributed by atoms with Gasteiger partial charge in [-0.05, 0) is 50.5 Å². The molecule has 0 aromatic heterocycles. The van der Waals surface area contributed by atoms with Crippen LogP contribution in [0.25, 0.3) is 0 Å². The predicted octanol–water partition coefficient (Wildman–Crippen LogP) is 2.68. The Hall–Kier alpha value is -1.26. The average Bonchev–Trinajstić information content (AvgIpc) is 2.15. The van der Waals surface area contributed by atoms with Gasteiger partial charge in [0.2, 0.25) is 0 Å². The van der Waals surface area contributed by atoms with Gasteiger partial charge < -0.3 is 5.11 Å². The molecule has 15 heavy (non-hydrogen) atoms. The topological polar surface area (TPSA) is 20.2 Å². The van der Waals surface area contributed by atoms with E-state index in [-0.39, 0.29) is 0 Å². The van der Waals surface area contributed by atoms with Gasteiger partial charge in [-0.25, -0.2) is 0 Å². The molecule has 1 heteroatoms. The summed E-state index contributed by atoms with van der Waals surface area (Å²) in [7, 11) is 0. The fraction of sp³-hybridized carbons (Fsp3) is 0.429. The maximum absolute atomic E-state index is 9.49. The molecule has 0 spiro atoms. The lowest BCUT2D eigenvalue weighted by molar-refractivity contribution is 0.143. The summed E-state index contributed by atoms with van der Waals surface area (Å²) >= 11 is 0. The molecule has 0 radical (unpaired) electrons. The first kappa shape index (κ1) is 11.8. The Morgan fingerprint density at radius 1 is 1.33 bits per heavy atom. The van der Waals surface area contributed by atoms with Crippen LogP contribution in [0.4, 0.5) is 0 Å². The maximum Gasteiger partial charge on any atom is 0.120 e. The van der Waals surface area contributed by atoms with E-state index in [0.29, 0.717) is 0 Å². The minimum atomic E-state index is -0.919. The van der Waals surface area contributed by atoms with Crippen LogP contribution in [0.3, 0.4) is 0 Å². The van der Waals surface area contributed by atoms with E-state index in [1.807, 2.05) is 6.07 Å². The molecule has 0 fully saturated rings. The Balaban J connectivity index is 3.01. The lowest BCUT2D eigenvalue weighted by atomic mass is 10.0. The fourth-order valence-corrected chi connectivity index (χ4v) is 1.36. The molecule has 0 unspecified atom stereocenters. The summed E-state index contributed by atoms with van der Waals surface area (Å²) in [5.41, 5.74) is 2.67. The van der Waals surface area contributed by atoms with Crippen LogP contribution in [0.2, 0.25) is 0 Å². The predicted molar refractivity (Wildman–Crippen MR) is 63.7 cm³/mol. The molecular weight excluding hydrogens is 184 g/mol.